The van der Waals surface area contributed by atoms with Gasteiger partial charge in [0, 0.05) is 18.2 Å². The van der Waals surface area contributed by atoms with Gasteiger partial charge in [0.15, 0.2) is 11.5 Å². The van der Waals surface area contributed by atoms with E-state index in [2.05, 4.69) is 37.0 Å². The Labute approximate surface area is 123 Å². The van der Waals surface area contributed by atoms with Crippen molar-refractivity contribution in [3.8, 4) is 11.3 Å². The summed E-state index contributed by atoms with van der Waals surface area (Å²) >= 11 is 0. The van der Waals surface area contributed by atoms with Crippen molar-refractivity contribution in [2.45, 2.75) is 20.3 Å². The van der Waals surface area contributed by atoms with E-state index < -0.39 is 0 Å². The number of imidazole rings is 1. The first-order valence-electron chi connectivity index (χ1n) is 7.05. The zero-order valence-electron chi connectivity index (χ0n) is 12.2. The number of pyridine rings is 1. The van der Waals surface area contributed by atoms with Gasteiger partial charge >= 0.3 is 0 Å². The maximum atomic E-state index is 14.0. The first-order chi connectivity index (χ1) is 10.1. The van der Waals surface area contributed by atoms with Crippen molar-refractivity contribution in [1.82, 2.24) is 9.38 Å². The molecule has 0 spiro atoms. The summed E-state index contributed by atoms with van der Waals surface area (Å²) in [5, 5.41) is 0. The summed E-state index contributed by atoms with van der Waals surface area (Å²) in [6.45, 7) is 4.64. The van der Waals surface area contributed by atoms with Gasteiger partial charge in [-0.15, -0.1) is 0 Å². The van der Waals surface area contributed by atoms with Crippen LogP contribution in [0.2, 0.25) is 0 Å². The quantitative estimate of drug-likeness (QED) is 0.801. The van der Waals surface area contributed by atoms with Crippen LogP contribution in [0.4, 0.5) is 4.39 Å². The standard InChI is InChI=1S/C17H18FN3/c1-11-5-6-13(10-12(11)2)16-15(7-8-19)20-17-14(18)4-3-9-21(16)17/h3-6,9-10H,7-8,19H2,1-2H3. The largest absolute Gasteiger partial charge is 0.330 e. The molecule has 108 valence electrons. The zero-order chi connectivity index (χ0) is 15.0. The minimum Gasteiger partial charge on any atom is -0.330 e. The van der Waals surface area contributed by atoms with Crippen LogP contribution in [0.3, 0.4) is 0 Å². The third-order valence-corrected chi connectivity index (χ3v) is 3.84. The summed E-state index contributed by atoms with van der Waals surface area (Å²) < 4.78 is 15.8. The van der Waals surface area contributed by atoms with E-state index >= 15 is 0 Å². The summed E-state index contributed by atoms with van der Waals surface area (Å²) in [7, 11) is 0. The first kappa shape index (κ1) is 13.8. The van der Waals surface area contributed by atoms with Gasteiger partial charge in [-0.05, 0) is 49.7 Å². The second kappa shape index (κ2) is 5.30. The second-order valence-corrected chi connectivity index (χ2v) is 5.29. The molecule has 0 unspecified atom stereocenters. The van der Waals surface area contributed by atoms with Crippen molar-refractivity contribution in [2.75, 3.05) is 6.54 Å². The Morgan fingerprint density at radius 3 is 2.71 bits per heavy atom. The summed E-state index contributed by atoms with van der Waals surface area (Å²) in [5.74, 6) is -0.314. The number of aromatic nitrogens is 2. The maximum absolute atomic E-state index is 14.0. The Bertz CT molecular complexity index is 805. The number of halogens is 1. The summed E-state index contributed by atoms with van der Waals surface area (Å²) in [6, 6.07) is 9.37. The number of rotatable bonds is 3. The monoisotopic (exact) mass is 283 g/mol. The normalized spacial score (nSPS) is 11.2. The number of nitrogens with zero attached hydrogens (tertiary/aromatic N) is 2. The Kier molecular flexibility index (Phi) is 3.47. The average molecular weight is 283 g/mol. The highest BCUT2D eigenvalue weighted by molar-refractivity contribution is 5.68. The molecule has 0 fully saturated rings. The van der Waals surface area contributed by atoms with Crippen LogP contribution < -0.4 is 5.73 Å². The Balaban J connectivity index is 2.30. The number of hydrogen-bond donors (Lipinski definition) is 1. The Hall–Kier alpha value is -2.20. The van der Waals surface area contributed by atoms with Crippen molar-refractivity contribution in [3.63, 3.8) is 0 Å². The van der Waals surface area contributed by atoms with Crippen LogP contribution in [0.15, 0.2) is 36.5 Å². The van der Waals surface area contributed by atoms with E-state index in [0.29, 0.717) is 18.6 Å². The summed E-state index contributed by atoms with van der Waals surface area (Å²) in [6.07, 6.45) is 2.47. The van der Waals surface area contributed by atoms with Crippen LogP contribution >= 0.6 is 0 Å². The molecule has 4 heteroatoms. The molecule has 2 aromatic heterocycles. The van der Waals surface area contributed by atoms with Crippen LogP contribution in [0.1, 0.15) is 16.8 Å². The topological polar surface area (TPSA) is 43.3 Å². The second-order valence-electron chi connectivity index (χ2n) is 5.29. The first-order valence-corrected chi connectivity index (χ1v) is 7.05. The van der Waals surface area contributed by atoms with Gasteiger partial charge in [-0.1, -0.05) is 12.1 Å². The third kappa shape index (κ3) is 2.32. The van der Waals surface area contributed by atoms with E-state index in [9.17, 15) is 4.39 Å². The number of nitrogens with two attached hydrogens (primary N) is 1. The van der Waals surface area contributed by atoms with E-state index in [1.165, 1.54) is 17.2 Å². The van der Waals surface area contributed by atoms with Gasteiger partial charge in [0.1, 0.15) is 0 Å². The number of benzene rings is 1. The van der Waals surface area contributed by atoms with Crippen molar-refractivity contribution >= 4 is 5.65 Å². The van der Waals surface area contributed by atoms with Gasteiger partial charge in [0.2, 0.25) is 0 Å². The Morgan fingerprint density at radius 1 is 1.19 bits per heavy atom. The molecule has 21 heavy (non-hydrogen) atoms. The summed E-state index contributed by atoms with van der Waals surface area (Å²) in [4.78, 5) is 4.44. The van der Waals surface area contributed by atoms with E-state index in [4.69, 9.17) is 5.73 Å². The fourth-order valence-electron chi connectivity index (χ4n) is 2.59. The predicted molar refractivity (Wildman–Crippen MR) is 82.8 cm³/mol. The third-order valence-electron chi connectivity index (χ3n) is 3.84. The van der Waals surface area contributed by atoms with E-state index in [1.54, 1.807) is 6.07 Å². The fraction of sp³-hybridized carbons (Fsp3) is 0.235. The van der Waals surface area contributed by atoms with Crippen molar-refractivity contribution < 1.29 is 4.39 Å². The minimum absolute atomic E-state index is 0.314. The number of fused-ring (bicyclic) bond motifs is 1. The molecule has 0 aliphatic heterocycles. The lowest BCUT2D eigenvalue weighted by Crippen LogP contribution is -2.04. The number of hydrogen-bond acceptors (Lipinski definition) is 2. The lowest BCUT2D eigenvalue weighted by molar-refractivity contribution is 0.630. The van der Waals surface area contributed by atoms with Crippen molar-refractivity contribution in [2.24, 2.45) is 5.73 Å². The van der Waals surface area contributed by atoms with Crippen LogP contribution in [-0.2, 0) is 6.42 Å². The molecule has 0 atom stereocenters. The molecular weight excluding hydrogens is 265 g/mol. The lowest BCUT2D eigenvalue weighted by atomic mass is 10.0. The minimum atomic E-state index is -0.314. The molecule has 0 saturated carbocycles. The molecular formula is C17H18FN3. The van der Waals surface area contributed by atoms with Crippen LogP contribution in [0.5, 0.6) is 0 Å². The molecule has 0 saturated heterocycles. The molecule has 2 N–H and O–H groups in total. The highest BCUT2D eigenvalue weighted by atomic mass is 19.1. The van der Waals surface area contributed by atoms with Gasteiger partial charge in [-0.3, -0.25) is 4.40 Å². The fourth-order valence-corrected chi connectivity index (χ4v) is 2.59. The van der Waals surface area contributed by atoms with E-state index in [-0.39, 0.29) is 5.82 Å². The molecule has 0 amide bonds. The highest BCUT2D eigenvalue weighted by Gasteiger charge is 2.16. The van der Waals surface area contributed by atoms with Crippen LogP contribution in [0.25, 0.3) is 16.9 Å². The van der Waals surface area contributed by atoms with E-state index in [0.717, 1.165) is 17.0 Å². The smallest absolute Gasteiger partial charge is 0.173 e. The van der Waals surface area contributed by atoms with Gasteiger partial charge in [0.25, 0.3) is 0 Å². The van der Waals surface area contributed by atoms with Gasteiger partial charge in [-0.25, -0.2) is 9.37 Å². The van der Waals surface area contributed by atoms with Crippen molar-refractivity contribution in [1.29, 1.82) is 0 Å². The van der Waals surface area contributed by atoms with Gasteiger partial charge in [0.05, 0.1) is 11.4 Å². The SMILES string of the molecule is Cc1ccc(-c2c(CCN)nc3c(F)cccn23)cc1C. The molecule has 0 aliphatic carbocycles. The average Bonchev–Trinajstić information content (AvgIpc) is 2.82. The van der Waals surface area contributed by atoms with Gasteiger partial charge < -0.3 is 5.73 Å². The highest BCUT2D eigenvalue weighted by Crippen LogP contribution is 2.28. The van der Waals surface area contributed by atoms with Crippen LogP contribution in [0, 0.1) is 19.7 Å². The molecule has 3 aromatic rings. The molecule has 3 nitrogen and oxygen atoms in total. The van der Waals surface area contributed by atoms with Gasteiger partial charge in [-0.2, -0.15) is 0 Å². The molecule has 2 heterocycles. The summed E-state index contributed by atoms with van der Waals surface area (Å²) in [5.41, 5.74) is 11.3. The molecule has 1 aromatic carbocycles. The maximum Gasteiger partial charge on any atom is 0.173 e. The zero-order valence-corrected chi connectivity index (χ0v) is 12.2. The van der Waals surface area contributed by atoms with Crippen LogP contribution in [-0.4, -0.2) is 15.9 Å². The number of aryl methyl sites for hydroxylation is 2. The molecule has 0 bridgehead atoms. The molecule has 0 aliphatic rings. The Morgan fingerprint density at radius 2 is 2.00 bits per heavy atom. The predicted octanol–water partition coefficient (Wildman–Crippen LogP) is 3.26. The molecule has 3 rings (SSSR count). The van der Waals surface area contributed by atoms with Crippen molar-refractivity contribution in [3.05, 3.63) is 59.2 Å². The van der Waals surface area contributed by atoms with E-state index in [1.807, 2.05) is 10.6 Å². The molecule has 0 radical (unpaired) electrons. The lowest BCUT2D eigenvalue weighted by Gasteiger charge is -2.08.